The molecule has 2 rings (SSSR count). The maximum atomic E-state index is 10.6. The lowest BCUT2D eigenvalue weighted by Crippen LogP contribution is -2.10. The van der Waals surface area contributed by atoms with E-state index in [9.17, 15) is 10.1 Å². The molecule has 104 valence electrons. The maximum absolute atomic E-state index is 10.6. The average molecular weight is 290 g/mol. The highest BCUT2D eigenvalue weighted by atomic mass is 32.1. The largest absolute Gasteiger partial charge is 0.318 e. The topological polar surface area (TPSA) is 72.8 Å². The molecule has 20 heavy (non-hydrogen) atoms. The van der Waals surface area contributed by atoms with Gasteiger partial charge in [0.15, 0.2) is 0 Å². The summed E-state index contributed by atoms with van der Waals surface area (Å²) < 4.78 is 1.91. The molecule has 0 atom stereocenters. The van der Waals surface area contributed by atoms with E-state index in [0.29, 0.717) is 0 Å². The van der Waals surface area contributed by atoms with Crippen LogP contribution in [0.4, 0.5) is 5.69 Å². The minimum atomic E-state index is -0.406. The third-order valence-electron chi connectivity index (χ3n) is 2.63. The smallest absolute Gasteiger partial charge is 0.269 e. The van der Waals surface area contributed by atoms with Crippen molar-refractivity contribution >= 4 is 22.7 Å². The number of benzene rings is 1. The van der Waals surface area contributed by atoms with Crippen molar-refractivity contribution in [3.05, 3.63) is 44.6 Å². The van der Waals surface area contributed by atoms with Gasteiger partial charge in [0.05, 0.1) is 10.6 Å². The van der Waals surface area contributed by atoms with Crippen molar-refractivity contribution in [2.24, 2.45) is 17.3 Å². The van der Waals surface area contributed by atoms with Crippen LogP contribution in [0, 0.1) is 10.1 Å². The van der Waals surface area contributed by atoms with Crippen molar-refractivity contribution in [2.45, 2.75) is 13.8 Å². The summed E-state index contributed by atoms with van der Waals surface area (Å²) in [6.45, 7) is 3.77. The molecule has 1 aromatic carbocycles. The van der Waals surface area contributed by atoms with E-state index in [1.165, 1.54) is 23.5 Å². The second-order valence-electron chi connectivity index (χ2n) is 4.41. The summed E-state index contributed by atoms with van der Waals surface area (Å²) in [5.41, 5.74) is 2.83. The molecule has 0 N–H and O–H groups in total. The fraction of sp³-hybridized carbons (Fsp3) is 0.231. The molecule has 0 radical (unpaired) electrons. The number of aromatic nitrogens is 1. The highest BCUT2D eigenvalue weighted by Crippen LogP contribution is 2.22. The highest BCUT2D eigenvalue weighted by molar-refractivity contribution is 7.07. The Hall–Kier alpha value is -2.28. The van der Waals surface area contributed by atoms with Crippen molar-refractivity contribution in [1.29, 1.82) is 0 Å². The summed E-state index contributed by atoms with van der Waals surface area (Å²) in [7, 11) is 1.90. The predicted octanol–water partition coefficient (Wildman–Crippen LogP) is 2.96. The van der Waals surface area contributed by atoms with E-state index in [0.717, 1.165) is 21.8 Å². The van der Waals surface area contributed by atoms with Gasteiger partial charge in [-0.25, -0.2) is 0 Å². The van der Waals surface area contributed by atoms with Crippen molar-refractivity contribution in [3.63, 3.8) is 0 Å². The number of hydrogen-bond donors (Lipinski definition) is 0. The molecule has 0 aliphatic rings. The Bertz CT molecular complexity index is 722. The van der Waals surface area contributed by atoms with Gasteiger partial charge in [0.1, 0.15) is 0 Å². The van der Waals surface area contributed by atoms with Gasteiger partial charge in [-0.15, -0.1) is 16.4 Å². The van der Waals surface area contributed by atoms with Crippen molar-refractivity contribution in [3.8, 4) is 11.3 Å². The second kappa shape index (κ2) is 5.79. The Labute approximate surface area is 119 Å². The summed E-state index contributed by atoms with van der Waals surface area (Å²) in [5.74, 6) is 0. The first kappa shape index (κ1) is 14.1. The number of nitrogens with zero attached hydrogens (tertiary/aromatic N) is 4. The number of rotatable bonds is 3. The second-order valence-corrected chi connectivity index (χ2v) is 5.25. The molecule has 0 aliphatic heterocycles. The molecular formula is C13H14N4O2S. The fourth-order valence-electron chi connectivity index (χ4n) is 1.62. The van der Waals surface area contributed by atoms with Crippen LogP contribution < -0.4 is 4.80 Å². The zero-order valence-corrected chi connectivity index (χ0v) is 12.2. The first-order valence-electron chi connectivity index (χ1n) is 5.93. The fourth-order valence-corrected chi connectivity index (χ4v) is 2.47. The Kier molecular flexibility index (Phi) is 4.09. The van der Waals surface area contributed by atoms with Gasteiger partial charge in [-0.1, -0.05) is 0 Å². The predicted molar refractivity (Wildman–Crippen MR) is 79.7 cm³/mol. The van der Waals surface area contributed by atoms with Crippen LogP contribution in [0.2, 0.25) is 0 Å². The molecule has 0 fully saturated rings. The molecule has 0 spiro atoms. The molecular weight excluding hydrogens is 276 g/mol. The van der Waals surface area contributed by atoms with Gasteiger partial charge in [0.2, 0.25) is 4.80 Å². The summed E-state index contributed by atoms with van der Waals surface area (Å²) in [6.07, 6.45) is 0. The number of nitro groups is 1. The Morgan fingerprint density at radius 2 is 1.95 bits per heavy atom. The molecule has 0 amide bonds. The van der Waals surface area contributed by atoms with Gasteiger partial charge in [-0.3, -0.25) is 10.1 Å². The van der Waals surface area contributed by atoms with Crippen molar-refractivity contribution in [2.75, 3.05) is 0 Å². The minimum absolute atomic E-state index is 0.0859. The standard InChI is InChI=1S/C13H14N4O2S/c1-9(2)14-15-13-16(3)12(8-20-13)10-4-6-11(7-5-10)17(18)19/h4-8H,1-3H3. The van der Waals surface area contributed by atoms with Crippen LogP contribution in [0.3, 0.4) is 0 Å². The van der Waals surface area contributed by atoms with Gasteiger partial charge in [0, 0.05) is 30.3 Å². The zero-order chi connectivity index (χ0) is 14.7. The first-order valence-corrected chi connectivity index (χ1v) is 6.81. The molecule has 0 saturated carbocycles. The number of hydrogen-bond acceptors (Lipinski definition) is 5. The molecule has 0 bridgehead atoms. The molecule has 2 aromatic rings. The molecule has 1 heterocycles. The van der Waals surface area contributed by atoms with E-state index >= 15 is 0 Å². The Balaban J connectivity index is 2.42. The average Bonchev–Trinajstić information content (AvgIpc) is 2.78. The lowest BCUT2D eigenvalue weighted by molar-refractivity contribution is -0.384. The maximum Gasteiger partial charge on any atom is 0.269 e. The SMILES string of the molecule is CC(C)=NN=c1scc(-c2ccc([N+](=O)[O-])cc2)n1C. The number of non-ortho nitro benzene ring substituents is 1. The Morgan fingerprint density at radius 3 is 2.50 bits per heavy atom. The van der Waals surface area contributed by atoms with E-state index < -0.39 is 4.92 Å². The summed E-state index contributed by atoms with van der Waals surface area (Å²) in [5, 5.41) is 20.8. The molecule has 0 unspecified atom stereocenters. The van der Waals surface area contributed by atoms with Crippen LogP contribution in [0.1, 0.15) is 13.8 Å². The van der Waals surface area contributed by atoms with E-state index in [4.69, 9.17) is 0 Å². The van der Waals surface area contributed by atoms with Gasteiger partial charge in [-0.05, 0) is 31.5 Å². The molecule has 0 saturated heterocycles. The number of nitro benzene ring substituents is 1. The lowest BCUT2D eigenvalue weighted by Gasteiger charge is -2.02. The van der Waals surface area contributed by atoms with Gasteiger partial charge >= 0.3 is 0 Å². The lowest BCUT2D eigenvalue weighted by atomic mass is 10.1. The third-order valence-corrected chi connectivity index (χ3v) is 3.54. The minimum Gasteiger partial charge on any atom is -0.318 e. The highest BCUT2D eigenvalue weighted by Gasteiger charge is 2.08. The third kappa shape index (κ3) is 3.00. The quantitative estimate of drug-likeness (QED) is 0.495. The first-order chi connectivity index (χ1) is 9.49. The number of thiazole rings is 1. The molecule has 7 heteroatoms. The summed E-state index contributed by atoms with van der Waals surface area (Å²) >= 11 is 1.48. The van der Waals surface area contributed by atoms with Crippen molar-refractivity contribution < 1.29 is 4.92 Å². The van der Waals surface area contributed by atoms with Gasteiger partial charge in [-0.2, -0.15) is 5.10 Å². The van der Waals surface area contributed by atoms with Crippen LogP contribution in [-0.4, -0.2) is 15.2 Å². The Morgan fingerprint density at radius 1 is 1.30 bits per heavy atom. The molecule has 0 aliphatic carbocycles. The molecule has 1 aromatic heterocycles. The summed E-state index contributed by atoms with van der Waals surface area (Å²) in [6, 6.07) is 6.47. The molecule has 6 nitrogen and oxygen atoms in total. The van der Waals surface area contributed by atoms with Crippen molar-refractivity contribution in [1.82, 2.24) is 4.57 Å². The van der Waals surface area contributed by atoms with E-state index in [1.807, 2.05) is 30.8 Å². The van der Waals surface area contributed by atoms with Crippen LogP contribution in [0.5, 0.6) is 0 Å². The van der Waals surface area contributed by atoms with Crippen LogP contribution in [-0.2, 0) is 7.05 Å². The zero-order valence-electron chi connectivity index (χ0n) is 11.4. The van der Waals surface area contributed by atoms with Crippen LogP contribution in [0.25, 0.3) is 11.3 Å². The van der Waals surface area contributed by atoms with Gasteiger partial charge < -0.3 is 4.57 Å². The van der Waals surface area contributed by atoms with E-state index in [-0.39, 0.29) is 5.69 Å². The van der Waals surface area contributed by atoms with Crippen LogP contribution in [0.15, 0.2) is 39.8 Å². The van der Waals surface area contributed by atoms with E-state index in [1.54, 1.807) is 12.1 Å². The normalized spacial score (nSPS) is 11.4. The van der Waals surface area contributed by atoms with E-state index in [2.05, 4.69) is 10.2 Å². The monoisotopic (exact) mass is 290 g/mol. The van der Waals surface area contributed by atoms with Gasteiger partial charge in [0.25, 0.3) is 5.69 Å². The summed E-state index contributed by atoms with van der Waals surface area (Å²) in [4.78, 5) is 11.0. The van der Waals surface area contributed by atoms with Crippen LogP contribution >= 0.6 is 11.3 Å².